The van der Waals surface area contributed by atoms with Crippen molar-refractivity contribution in [3.63, 3.8) is 0 Å². The number of nitrogens with zero attached hydrogens (tertiary/aromatic N) is 1. The molecule has 0 aliphatic carbocycles. The Balaban J connectivity index is 1.72. The highest BCUT2D eigenvalue weighted by Crippen LogP contribution is 2.39. The SMILES string of the molecule is CCOC(=O)c1cc2n(c1)C(c1ccccc1)c1[nH]c3ccccc3c1C2. The minimum atomic E-state index is -0.264. The van der Waals surface area contributed by atoms with Crippen LogP contribution in [0.1, 0.15) is 45.8 Å². The third-order valence-electron chi connectivity index (χ3n) is 5.31. The van der Waals surface area contributed by atoms with Crippen LogP contribution in [0.3, 0.4) is 0 Å². The Hall–Kier alpha value is -3.27. The summed E-state index contributed by atoms with van der Waals surface area (Å²) in [6.07, 6.45) is 2.72. The normalized spacial score (nSPS) is 15.4. The molecule has 1 aliphatic heterocycles. The second-order valence-electron chi connectivity index (χ2n) is 6.90. The van der Waals surface area contributed by atoms with E-state index in [1.165, 1.54) is 22.2 Å². The molecule has 4 heteroatoms. The highest BCUT2D eigenvalue weighted by molar-refractivity contribution is 5.90. The minimum absolute atomic E-state index is 0.0144. The fraction of sp³-hybridized carbons (Fsp3) is 0.174. The Morgan fingerprint density at radius 3 is 2.74 bits per heavy atom. The average molecular weight is 356 g/mol. The van der Waals surface area contributed by atoms with Crippen LogP contribution in [0.2, 0.25) is 0 Å². The van der Waals surface area contributed by atoms with Gasteiger partial charge in [-0.15, -0.1) is 0 Å². The predicted molar refractivity (Wildman–Crippen MR) is 105 cm³/mol. The first-order chi connectivity index (χ1) is 13.3. The first-order valence-corrected chi connectivity index (χ1v) is 9.28. The first kappa shape index (κ1) is 15.9. The number of aromatic amines is 1. The van der Waals surface area contributed by atoms with Crippen molar-refractivity contribution in [1.29, 1.82) is 0 Å². The number of H-pyrrole nitrogens is 1. The highest BCUT2D eigenvalue weighted by atomic mass is 16.5. The molecular weight excluding hydrogens is 336 g/mol. The summed E-state index contributed by atoms with van der Waals surface area (Å²) in [6, 6.07) is 20.8. The molecule has 0 fully saturated rings. The summed E-state index contributed by atoms with van der Waals surface area (Å²) in [4.78, 5) is 15.9. The zero-order chi connectivity index (χ0) is 18.4. The van der Waals surface area contributed by atoms with Gasteiger partial charge in [0, 0.05) is 34.9 Å². The van der Waals surface area contributed by atoms with Crippen LogP contribution in [0.5, 0.6) is 0 Å². The molecule has 134 valence electrons. The molecule has 1 aliphatic rings. The van der Waals surface area contributed by atoms with Crippen LogP contribution < -0.4 is 0 Å². The summed E-state index contributed by atoms with van der Waals surface area (Å²) in [5.41, 5.74) is 6.59. The Labute approximate surface area is 157 Å². The third kappa shape index (κ3) is 2.48. The summed E-state index contributed by atoms with van der Waals surface area (Å²) < 4.78 is 7.42. The van der Waals surface area contributed by atoms with Gasteiger partial charge in [-0.2, -0.15) is 0 Å². The van der Waals surface area contributed by atoms with E-state index in [4.69, 9.17) is 4.74 Å². The maximum Gasteiger partial charge on any atom is 0.339 e. The van der Waals surface area contributed by atoms with Gasteiger partial charge in [0.2, 0.25) is 0 Å². The van der Waals surface area contributed by atoms with E-state index in [-0.39, 0.29) is 12.0 Å². The molecule has 2 aromatic heterocycles. The molecular formula is C23H20N2O2. The zero-order valence-corrected chi connectivity index (χ0v) is 15.1. The van der Waals surface area contributed by atoms with Crippen LogP contribution in [0.4, 0.5) is 0 Å². The van der Waals surface area contributed by atoms with Crippen molar-refractivity contribution in [3.05, 3.63) is 94.9 Å². The van der Waals surface area contributed by atoms with Crippen LogP contribution in [0.25, 0.3) is 10.9 Å². The molecule has 3 heterocycles. The van der Waals surface area contributed by atoms with Gasteiger partial charge in [-0.3, -0.25) is 0 Å². The molecule has 1 unspecified atom stereocenters. The van der Waals surface area contributed by atoms with E-state index in [1.807, 2.05) is 25.3 Å². The minimum Gasteiger partial charge on any atom is -0.462 e. The van der Waals surface area contributed by atoms with Gasteiger partial charge in [0.1, 0.15) is 0 Å². The first-order valence-electron chi connectivity index (χ1n) is 9.28. The van der Waals surface area contributed by atoms with E-state index in [0.717, 1.165) is 17.6 Å². The lowest BCUT2D eigenvalue weighted by molar-refractivity contribution is 0.0526. The number of fused-ring (bicyclic) bond motifs is 4. The maximum atomic E-state index is 12.3. The van der Waals surface area contributed by atoms with Gasteiger partial charge in [0.15, 0.2) is 0 Å². The monoisotopic (exact) mass is 356 g/mol. The van der Waals surface area contributed by atoms with Crippen LogP contribution in [-0.2, 0) is 11.2 Å². The number of benzene rings is 2. The summed E-state index contributed by atoms with van der Waals surface area (Å²) in [5.74, 6) is -0.264. The van der Waals surface area contributed by atoms with E-state index in [1.54, 1.807) is 0 Å². The van der Waals surface area contributed by atoms with Crippen LogP contribution >= 0.6 is 0 Å². The summed E-state index contributed by atoms with van der Waals surface area (Å²) in [7, 11) is 0. The Kier molecular flexibility index (Phi) is 3.64. The second-order valence-corrected chi connectivity index (χ2v) is 6.90. The number of rotatable bonds is 3. The van der Waals surface area contributed by atoms with E-state index < -0.39 is 0 Å². The molecule has 5 rings (SSSR count). The molecule has 4 nitrogen and oxygen atoms in total. The Bertz CT molecular complexity index is 1140. The largest absolute Gasteiger partial charge is 0.462 e. The summed E-state index contributed by atoms with van der Waals surface area (Å²) in [6.45, 7) is 2.21. The number of carbonyl (C=O) groups is 1. The fourth-order valence-electron chi connectivity index (χ4n) is 4.16. The van der Waals surface area contributed by atoms with Crippen molar-refractivity contribution in [2.75, 3.05) is 6.61 Å². The third-order valence-corrected chi connectivity index (χ3v) is 5.31. The predicted octanol–water partition coefficient (Wildman–Crippen LogP) is 4.69. The van der Waals surface area contributed by atoms with Gasteiger partial charge in [-0.05, 0) is 30.2 Å². The zero-order valence-electron chi connectivity index (χ0n) is 15.1. The molecule has 0 saturated heterocycles. The van der Waals surface area contributed by atoms with Crippen LogP contribution in [0, 0.1) is 0 Å². The molecule has 0 amide bonds. The molecule has 0 saturated carbocycles. The number of hydrogen-bond donors (Lipinski definition) is 1. The lowest BCUT2D eigenvalue weighted by atomic mass is 9.93. The van der Waals surface area contributed by atoms with Crippen molar-refractivity contribution < 1.29 is 9.53 Å². The lowest BCUT2D eigenvalue weighted by Crippen LogP contribution is -2.20. The Morgan fingerprint density at radius 2 is 1.93 bits per heavy atom. The van der Waals surface area contributed by atoms with Gasteiger partial charge in [-0.25, -0.2) is 4.79 Å². The quantitative estimate of drug-likeness (QED) is 0.477. The number of hydrogen-bond acceptors (Lipinski definition) is 2. The topological polar surface area (TPSA) is 47.0 Å². The van der Waals surface area contributed by atoms with Crippen molar-refractivity contribution in [3.8, 4) is 0 Å². The van der Waals surface area contributed by atoms with Gasteiger partial charge in [-0.1, -0.05) is 48.5 Å². The molecule has 27 heavy (non-hydrogen) atoms. The molecule has 0 spiro atoms. The second kappa shape index (κ2) is 6.16. The van der Waals surface area contributed by atoms with E-state index in [9.17, 15) is 4.79 Å². The number of ether oxygens (including phenoxy) is 1. The van der Waals surface area contributed by atoms with Gasteiger partial charge in [0.25, 0.3) is 0 Å². The Morgan fingerprint density at radius 1 is 1.15 bits per heavy atom. The molecule has 0 bridgehead atoms. The number of nitrogens with one attached hydrogen (secondary N) is 1. The van der Waals surface area contributed by atoms with Gasteiger partial charge in [0.05, 0.1) is 18.2 Å². The highest BCUT2D eigenvalue weighted by Gasteiger charge is 2.30. The van der Waals surface area contributed by atoms with Crippen molar-refractivity contribution in [1.82, 2.24) is 9.55 Å². The van der Waals surface area contributed by atoms with Crippen molar-refractivity contribution in [2.45, 2.75) is 19.4 Å². The van der Waals surface area contributed by atoms with Gasteiger partial charge >= 0.3 is 5.97 Å². The van der Waals surface area contributed by atoms with Crippen molar-refractivity contribution >= 4 is 16.9 Å². The summed E-state index contributed by atoms with van der Waals surface area (Å²) >= 11 is 0. The standard InChI is InChI=1S/C23H20N2O2/c1-2-27-23(26)16-12-17-13-19-18-10-6-7-11-20(18)24-21(19)22(25(17)14-16)15-8-4-3-5-9-15/h3-12,14,22,24H,2,13H2,1H3. The molecule has 4 aromatic rings. The average Bonchev–Trinajstić information content (AvgIpc) is 3.28. The van der Waals surface area contributed by atoms with Crippen molar-refractivity contribution in [2.24, 2.45) is 0 Å². The maximum absolute atomic E-state index is 12.3. The molecule has 2 aromatic carbocycles. The number of esters is 1. The molecule has 1 N–H and O–H groups in total. The molecule has 1 atom stereocenters. The van der Waals surface area contributed by atoms with E-state index in [0.29, 0.717) is 12.2 Å². The van der Waals surface area contributed by atoms with Crippen LogP contribution in [-0.4, -0.2) is 22.1 Å². The lowest BCUT2D eigenvalue weighted by Gasteiger charge is -2.27. The summed E-state index contributed by atoms with van der Waals surface area (Å²) in [5, 5.41) is 1.25. The van der Waals surface area contributed by atoms with E-state index in [2.05, 4.69) is 58.1 Å². The number of carbonyl (C=O) groups excluding carboxylic acids is 1. The molecule has 0 radical (unpaired) electrons. The smallest absolute Gasteiger partial charge is 0.339 e. The van der Waals surface area contributed by atoms with E-state index >= 15 is 0 Å². The van der Waals surface area contributed by atoms with Crippen LogP contribution in [0.15, 0.2) is 66.9 Å². The fourth-order valence-corrected chi connectivity index (χ4v) is 4.16. The number of para-hydroxylation sites is 1. The number of aromatic nitrogens is 2. The van der Waals surface area contributed by atoms with Gasteiger partial charge < -0.3 is 14.3 Å².